The summed E-state index contributed by atoms with van der Waals surface area (Å²) in [6, 6.07) is 25.0. The number of nitrogens with zero attached hydrogens (tertiary/aromatic N) is 2. The number of methoxy groups -OCH3 is 1. The maximum absolute atomic E-state index is 13.1. The van der Waals surface area contributed by atoms with Crippen molar-refractivity contribution in [2.45, 2.75) is 13.5 Å². The number of aromatic nitrogens is 1. The van der Waals surface area contributed by atoms with Crippen LogP contribution in [-0.4, -0.2) is 40.2 Å². The van der Waals surface area contributed by atoms with Crippen molar-refractivity contribution in [2.24, 2.45) is 0 Å². The van der Waals surface area contributed by atoms with E-state index in [4.69, 9.17) is 4.74 Å². The van der Waals surface area contributed by atoms with Gasteiger partial charge in [-0.2, -0.15) is 0 Å². The molecule has 3 aromatic carbocycles. The largest absolute Gasteiger partial charge is 0.497 e. The first-order chi connectivity index (χ1) is 17.9. The molecular weight excluding hydrogens is 486 g/mol. The third-order valence-electron chi connectivity index (χ3n) is 6.29. The van der Waals surface area contributed by atoms with Crippen molar-refractivity contribution in [3.63, 3.8) is 0 Å². The molecule has 7 nitrogen and oxygen atoms in total. The molecule has 0 bridgehead atoms. The molecule has 1 aliphatic heterocycles. The van der Waals surface area contributed by atoms with E-state index in [2.05, 4.69) is 28.1 Å². The topological polar surface area (TPSA) is 80.6 Å². The average molecular weight is 512 g/mol. The molecule has 186 valence electrons. The van der Waals surface area contributed by atoms with Crippen LogP contribution in [0.5, 0.6) is 5.75 Å². The highest BCUT2D eigenvalue weighted by atomic mass is 32.2. The third kappa shape index (κ3) is 5.01. The van der Waals surface area contributed by atoms with E-state index in [1.54, 1.807) is 37.5 Å². The standard InChI is InChI=1S/C29H25N3O4S/c1-19-24(23-10-6-7-11-25(23)31(19)17-20-8-4-3-5-9-20)16-26-28(34)32(29(35)37-26)18-27(33)30-21-12-14-22(36-2)15-13-21/h3-16H,17-18H2,1-2H3,(H,30,33)/b26-16-. The highest BCUT2D eigenvalue weighted by Gasteiger charge is 2.36. The van der Waals surface area contributed by atoms with Gasteiger partial charge in [-0.15, -0.1) is 0 Å². The van der Waals surface area contributed by atoms with E-state index in [1.807, 2.05) is 43.3 Å². The molecule has 2 heterocycles. The lowest BCUT2D eigenvalue weighted by molar-refractivity contribution is -0.127. The Hall–Kier alpha value is -4.30. The zero-order valence-electron chi connectivity index (χ0n) is 20.4. The molecule has 1 N–H and O–H groups in total. The number of hydrogen-bond acceptors (Lipinski definition) is 5. The fourth-order valence-electron chi connectivity index (χ4n) is 4.40. The molecule has 37 heavy (non-hydrogen) atoms. The first kappa shape index (κ1) is 24.4. The Morgan fingerprint density at radius 2 is 1.68 bits per heavy atom. The van der Waals surface area contributed by atoms with E-state index < -0.39 is 17.1 Å². The predicted octanol–water partition coefficient (Wildman–Crippen LogP) is 5.68. The van der Waals surface area contributed by atoms with Gasteiger partial charge in [0.1, 0.15) is 12.3 Å². The van der Waals surface area contributed by atoms with E-state index in [-0.39, 0.29) is 6.54 Å². The Labute approximate surface area is 218 Å². The Morgan fingerprint density at radius 1 is 0.973 bits per heavy atom. The number of hydrogen-bond donors (Lipinski definition) is 1. The van der Waals surface area contributed by atoms with Gasteiger partial charge in [-0.05, 0) is 60.7 Å². The monoisotopic (exact) mass is 511 g/mol. The van der Waals surface area contributed by atoms with Crippen molar-refractivity contribution in [3.8, 4) is 5.75 Å². The van der Waals surface area contributed by atoms with Crippen LogP contribution in [-0.2, 0) is 16.1 Å². The van der Waals surface area contributed by atoms with Crippen LogP contribution >= 0.6 is 11.8 Å². The Kier molecular flexibility index (Phi) is 6.83. The smallest absolute Gasteiger partial charge is 0.294 e. The summed E-state index contributed by atoms with van der Waals surface area (Å²) in [4.78, 5) is 39.7. The number of imide groups is 1. The molecule has 3 amide bonds. The van der Waals surface area contributed by atoms with Crippen molar-refractivity contribution in [2.75, 3.05) is 19.0 Å². The summed E-state index contributed by atoms with van der Waals surface area (Å²) in [6.45, 7) is 2.35. The number of anilines is 1. The number of nitrogens with one attached hydrogen (secondary N) is 1. The van der Waals surface area contributed by atoms with Gasteiger partial charge in [-0.3, -0.25) is 19.3 Å². The van der Waals surface area contributed by atoms with E-state index in [9.17, 15) is 14.4 Å². The minimum Gasteiger partial charge on any atom is -0.497 e. The second kappa shape index (κ2) is 10.4. The second-order valence-electron chi connectivity index (χ2n) is 8.63. The molecule has 0 saturated carbocycles. The summed E-state index contributed by atoms with van der Waals surface area (Å²) in [5.74, 6) is -0.266. The summed E-state index contributed by atoms with van der Waals surface area (Å²) >= 11 is 0.853. The number of carbonyl (C=O) groups excluding carboxylic acids is 3. The van der Waals surface area contributed by atoms with E-state index >= 15 is 0 Å². The van der Waals surface area contributed by atoms with Crippen LogP contribution in [0.4, 0.5) is 10.5 Å². The van der Waals surface area contributed by atoms with Gasteiger partial charge in [0.25, 0.3) is 11.1 Å². The molecule has 1 aliphatic rings. The first-order valence-corrected chi connectivity index (χ1v) is 12.6. The van der Waals surface area contributed by atoms with Crippen molar-refractivity contribution in [1.29, 1.82) is 0 Å². The fraction of sp³-hybridized carbons (Fsp3) is 0.138. The minimum absolute atomic E-state index is 0.299. The number of rotatable bonds is 7. The number of carbonyl (C=O) groups is 3. The van der Waals surface area contributed by atoms with Crippen LogP contribution in [0.15, 0.2) is 83.8 Å². The Bertz CT molecular complexity index is 1520. The van der Waals surface area contributed by atoms with Gasteiger partial charge in [0.2, 0.25) is 5.91 Å². The maximum atomic E-state index is 13.1. The van der Waals surface area contributed by atoms with Gasteiger partial charge < -0.3 is 14.6 Å². The molecule has 4 aromatic rings. The lowest BCUT2D eigenvalue weighted by Gasteiger charge is -2.12. The van der Waals surface area contributed by atoms with Gasteiger partial charge in [-0.25, -0.2) is 0 Å². The zero-order valence-corrected chi connectivity index (χ0v) is 21.2. The van der Waals surface area contributed by atoms with Gasteiger partial charge in [0, 0.05) is 34.4 Å². The van der Waals surface area contributed by atoms with Crippen LogP contribution in [0.3, 0.4) is 0 Å². The predicted molar refractivity (Wildman–Crippen MR) is 147 cm³/mol. The van der Waals surface area contributed by atoms with Crippen molar-refractivity contribution in [3.05, 3.63) is 101 Å². The number of para-hydroxylation sites is 1. The van der Waals surface area contributed by atoms with Crippen molar-refractivity contribution < 1.29 is 19.1 Å². The molecule has 0 spiro atoms. The molecular formula is C29H25N3O4S. The number of fused-ring (bicyclic) bond motifs is 1. The van der Waals surface area contributed by atoms with Crippen LogP contribution in [0.25, 0.3) is 17.0 Å². The average Bonchev–Trinajstić information content (AvgIpc) is 3.33. The molecule has 0 radical (unpaired) electrons. The summed E-state index contributed by atoms with van der Waals surface area (Å²) in [7, 11) is 1.56. The maximum Gasteiger partial charge on any atom is 0.294 e. The summed E-state index contributed by atoms with van der Waals surface area (Å²) in [5, 5.41) is 3.25. The Morgan fingerprint density at radius 3 is 2.41 bits per heavy atom. The number of amides is 3. The lowest BCUT2D eigenvalue weighted by atomic mass is 10.1. The van der Waals surface area contributed by atoms with Gasteiger partial charge >= 0.3 is 0 Å². The summed E-state index contributed by atoms with van der Waals surface area (Å²) in [5.41, 5.74) is 4.65. The van der Waals surface area contributed by atoms with Crippen LogP contribution < -0.4 is 10.1 Å². The van der Waals surface area contributed by atoms with E-state index in [1.165, 1.54) is 5.56 Å². The Balaban J connectivity index is 1.38. The van der Waals surface area contributed by atoms with Crippen LogP contribution in [0.2, 0.25) is 0 Å². The highest BCUT2D eigenvalue weighted by molar-refractivity contribution is 8.18. The van der Waals surface area contributed by atoms with Crippen LogP contribution in [0, 0.1) is 6.92 Å². The molecule has 1 fully saturated rings. The van der Waals surface area contributed by atoms with E-state index in [0.29, 0.717) is 22.9 Å². The van der Waals surface area contributed by atoms with Crippen molar-refractivity contribution in [1.82, 2.24) is 9.47 Å². The normalized spacial score (nSPS) is 14.5. The SMILES string of the molecule is COc1ccc(NC(=O)CN2C(=O)S/C(=C\c3c(C)n(Cc4ccccc4)c4ccccc34)C2=O)cc1. The van der Waals surface area contributed by atoms with Crippen LogP contribution in [0.1, 0.15) is 16.8 Å². The molecule has 0 unspecified atom stereocenters. The number of ether oxygens (including phenoxy) is 1. The summed E-state index contributed by atoms with van der Waals surface area (Å²) in [6.07, 6.45) is 1.77. The molecule has 5 rings (SSSR count). The number of thioether (sulfide) groups is 1. The molecule has 0 aliphatic carbocycles. The quantitative estimate of drug-likeness (QED) is 0.323. The lowest BCUT2D eigenvalue weighted by Crippen LogP contribution is -2.36. The third-order valence-corrected chi connectivity index (χ3v) is 7.20. The molecule has 1 aromatic heterocycles. The van der Waals surface area contributed by atoms with Gasteiger partial charge in [0.15, 0.2) is 0 Å². The molecule has 0 atom stereocenters. The second-order valence-corrected chi connectivity index (χ2v) is 9.63. The fourth-order valence-corrected chi connectivity index (χ4v) is 5.22. The number of benzene rings is 3. The van der Waals surface area contributed by atoms with Gasteiger partial charge in [-0.1, -0.05) is 48.5 Å². The summed E-state index contributed by atoms with van der Waals surface area (Å²) < 4.78 is 7.33. The molecule has 1 saturated heterocycles. The van der Waals surface area contributed by atoms with Gasteiger partial charge in [0.05, 0.1) is 12.0 Å². The van der Waals surface area contributed by atoms with Crippen molar-refractivity contribution >= 4 is 51.5 Å². The van der Waals surface area contributed by atoms with E-state index in [0.717, 1.165) is 38.8 Å². The highest BCUT2D eigenvalue weighted by Crippen LogP contribution is 2.35. The first-order valence-electron chi connectivity index (χ1n) is 11.8. The minimum atomic E-state index is -0.473. The zero-order chi connectivity index (χ0) is 25.9. The molecule has 8 heteroatoms.